The minimum Gasteiger partial charge on any atom is -0.497 e. The fourth-order valence-corrected chi connectivity index (χ4v) is 4.21. The second-order valence-corrected chi connectivity index (χ2v) is 8.50. The molecule has 35 heavy (non-hydrogen) atoms. The molecule has 2 saturated heterocycles. The number of ether oxygens (including phenoxy) is 4. The minimum atomic E-state index is -0.344. The summed E-state index contributed by atoms with van der Waals surface area (Å²) in [5.74, 6) is 1.33. The van der Waals surface area contributed by atoms with Crippen molar-refractivity contribution in [3.63, 3.8) is 0 Å². The van der Waals surface area contributed by atoms with Crippen molar-refractivity contribution in [1.82, 2.24) is 25.5 Å². The number of anilines is 2. The van der Waals surface area contributed by atoms with Crippen molar-refractivity contribution in [2.75, 3.05) is 44.6 Å². The molecule has 0 aliphatic carbocycles. The van der Waals surface area contributed by atoms with Gasteiger partial charge in [0, 0.05) is 31.5 Å². The molecule has 2 fully saturated rings. The van der Waals surface area contributed by atoms with Crippen LogP contribution in [0.1, 0.15) is 6.04 Å². The molecule has 2 aliphatic heterocycles. The molecule has 0 spiro atoms. The molecule has 2 N–H and O–H groups in total. The van der Waals surface area contributed by atoms with Crippen molar-refractivity contribution in [1.29, 1.82) is 0 Å². The fraction of sp³-hybridized carbons (Fsp3) is 0.391. The summed E-state index contributed by atoms with van der Waals surface area (Å²) in [4.78, 5) is 14.5. The molecule has 2 aromatic carbocycles. The Balaban J connectivity index is 1.22. The van der Waals surface area contributed by atoms with Gasteiger partial charge in [-0.1, -0.05) is 11.2 Å². The highest BCUT2D eigenvalue weighted by Gasteiger charge is 2.50. The number of aromatic nitrogens is 4. The van der Waals surface area contributed by atoms with E-state index in [0.717, 1.165) is 5.69 Å². The standard InChI is InChI=1S/C23H27N7O5/c1-29(2)15-5-4-6-17(11-15)35-23-26-27-28-30(23)19-13-34-20-18(12-33-21(19)20)25-22(31)24-14-7-9-16(32-3)10-8-14/h4-11,18-21H,12-13H2,1-3H3,(H2,24,25,31). The first-order chi connectivity index (χ1) is 17.0. The summed E-state index contributed by atoms with van der Waals surface area (Å²) in [6, 6.07) is 14.0. The van der Waals surface area contributed by atoms with Crippen LogP contribution in [0, 0.1) is 0 Å². The lowest BCUT2D eigenvalue weighted by Gasteiger charge is -2.18. The molecule has 184 valence electrons. The lowest BCUT2D eigenvalue weighted by atomic mass is 10.1. The molecule has 0 bridgehead atoms. The number of methoxy groups -OCH3 is 1. The van der Waals surface area contributed by atoms with Crippen LogP contribution in [0.5, 0.6) is 17.5 Å². The Labute approximate surface area is 202 Å². The third-order valence-corrected chi connectivity index (χ3v) is 6.01. The number of fused-ring (bicyclic) bond motifs is 1. The zero-order chi connectivity index (χ0) is 24.4. The summed E-state index contributed by atoms with van der Waals surface area (Å²) in [6.45, 7) is 0.637. The van der Waals surface area contributed by atoms with Crippen LogP contribution in [0.2, 0.25) is 0 Å². The van der Waals surface area contributed by atoms with Crippen molar-refractivity contribution < 1.29 is 23.7 Å². The van der Waals surface area contributed by atoms with Crippen LogP contribution in [0.4, 0.5) is 16.2 Å². The lowest BCUT2D eigenvalue weighted by Crippen LogP contribution is -2.45. The van der Waals surface area contributed by atoms with E-state index >= 15 is 0 Å². The van der Waals surface area contributed by atoms with Gasteiger partial charge in [0.15, 0.2) is 0 Å². The maximum Gasteiger partial charge on any atom is 0.341 e. The van der Waals surface area contributed by atoms with Gasteiger partial charge in [-0.3, -0.25) is 0 Å². The van der Waals surface area contributed by atoms with Gasteiger partial charge in [-0.2, -0.15) is 4.68 Å². The number of hydrogen-bond acceptors (Lipinski definition) is 9. The molecule has 2 amide bonds. The predicted octanol–water partition coefficient (Wildman–Crippen LogP) is 2.07. The average molecular weight is 482 g/mol. The fourth-order valence-electron chi connectivity index (χ4n) is 4.21. The highest BCUT2D eigenvalue weighted by Crippen LogP contribution is 2.36. The Morgan fingerprint density at radius 2 is 1.89 bits per heavy atom. The van der Waals surface area contributed by atoms with Crippen LogP contribution in [-0.4, -0.2) is 78.9 Å². The van der Waals surface area contributed by atoms with E-state index in [-0.39, 0.29) is 36.3 Å². The van der Waals surface area contributed by atoms with Gasteiger partial charge in [-0.15, -0.1) is 0 Å². The Bertz CT molecular complexity index is 1170. The Hall–Kier alpha value is -3.90. The van der Waals surface area contributed by atoms with Gasteiger partial charge in [0.25, 0.3) is 0 Å². The summed E-state index contributed by atoms with van der Waals surface area (Å²) >= 11 is 0. The number of urea groups is 1. The maximum atomic E-state index is 12.5. The van der Waals surface area contributed by atoms with Gasteiger partial charge >= 0.3 is 12.0 Å². The van der Waals surface area contributed by atoms with Gasteiger partial charge in [0.1, 0.15) is 29.7 Å². The Morgan fingerprint density at radius 1 is 1.09 bits per heavy atom. The largest absolute Gasteiger partial charge is 0.497 e. The van der Waals surface area contributed by atoms with Crippen LogP contribution in [0.25, 0.3) is 0 Å². The summed E-state index contributed by atoms with van der Waals surface area (Å²) in [5.41, 5.74) is 1.64. The van der Waals surface area contributed by atoms with Crippen molar-refractivity contribution in [2.24, 2.45) is 0 Å². The van der Waals surface area contributed by atoms with E-state index in [4.69, 9.17) is 18.9 Å². The molecule has 3 heterocycles. The van der Waals surface area contributed by atoms with Crippen LogP contribution in [0.15, 0.2) is 48.5 Å². The van der Waals surface area contributed by atoms with Crippen molar-refractivity contribution in [3.8, 4) is 17.5 Å². The second kappa shape index (κ2) is 9.76. The second-order valence-electron chi connectivity index (χ2n) is 8.50. The number of carbonyl (C=O) groups is 1. The molecule has 2 aliphatic rings. The number of rotatable bonds is 7. The molecule has 12 nitrogen and oxygen atoms in total. The van der Waals surface area contributed by atoms with Crippen LogP contribution < -0.4 is 25.0 Å². The first kappa shape index (κ1) is 22.9. The van der Waals surface area contributed by atoms with Gasteiger partial charge in [0.2, 0.25) is 0 Å². The summed E-state index contributed by atoms with van der Waals surface area (Å²) < 4.78 is 24.7. The topological polar surface area (TPSA) is 125 Å². The molecule has 4 unspecified atom stereocenters. The van der Waals surface area contributed by atoms with Crippen molar-refractivity contribution >= 4 is 17.4 Å². The normalized spacial score (nSPS) is 22.9. The van der Waals surface area contributed by atoms with Crippen molar-refractivity contribution in [2.45, 2.75) is 24.3 Å². The molecule has 5 rings (SSSR count). The number of hydrogen-bond donors (Lipinski definition) is 2. The molecular weight excluding hydrogens is 454 g/mol. The highest BCUT2D eigenvalue weighted by atomic mass is 16.6. The molecule has 0 saturated carbocycles. The van der Waals surface area contributed by atoms with E-state index in [1.165, 1.54) is 0 Å². The molecule has 1 aromatic heterocycles. The average Bonchev–Trinajstić information content (AvgIpc) is 3.58. The third kappa shape index (κ3) is 4.84. The number of tetrazole rings is 1. The SMILES string of the molecule is COc1ccc(NC(=O)NC2COC3C2OCC3n2nnnc2Oc2cccc(N(C)C)c2)cc1. The van der Waals surface area contributed by atoms with Crippen LogP contribution >= 0.6 is 0 Å². The van der Waals surface area contributed by atoms with E-state index in [0.29, 0.717) is 30.4 Å². The zero-order valence-electron chi connectivity index (χ0n) is 19.6. The number of benzene rings is 2. The first-order valence-electron chi connectivity index (χ1n) is 11.2. The molecular formula is C23H27N7O5. The number of nitrogens with one attached hydrogen (secondary N) is 2. The van der Waals surface area contributed by atoms with Crippen molar-refractivity contribution in [3.05, 3.63) is 48.5 Å². The number of carbonyl (C=O) groups excluding carboxylic acids is 1. The first-order valence-corrected chi connectivity index (χ1v) is 11.2. The molecule has 0 radical (unpaired) electrons. The smallest absolute Gasteiger partial charge is 0.341 e. The Kier molecular flexibility index (Phi) is 6.38. The Morgan fingerprint density at radius 3 is 2.66 bits per heavy atom. The third-order valence-electron chi connectivity index (χ3n) is 6.01. The van der Waals surface area contributed by atoms with E-state index in [1.807, 2.05) is 43.3 Å². The number of amides is 2. The summed E-state index contributed by atoms with van der Waals surface area (Å²) in [5, 5.41) is 17.7. The predicted molar refractivity (Wildman–Crippen MR) is 126 cm³/mol. The van der Waals surface area contributed by atoms with Gasteiger partial charge < -0.3 is 34.5 Å². The van der Waals surface area contributed by atoms with E-state index < -0.39 is 0 Å². The van der Waals surface area contributed by atoms with Crippen LogP contribution in [-0.2, 0) is 9.47 Å². The maximum absolute atomic E-state index is 12.5. The molecule has 4 atom stereocenters. The monoisotopic (exact) mass is 481 g/mol. The summed E-state index contributed by atoms with van der Waals surface area (Å²) in [7, 11) is 5.50. The van der Waals surface area contributed by atoms with E-state index in [1.54, 1.807) is 36.1 Å². The van der Waals surface area contributed by atoms with E-state index in [9.17, 15) is 4.79 Å². The highest BCUT2D eigenvalue weighted by molar-refractivity contribution is 5.89. The molecule has 3 aromatic rings. The van der Waals surface area contributed by atoms with E-state index in [2.05, 4.69) is 26.2 Å². The quantitative estimate of drug-likeness (QED) is 0.522. The van der Waals surface area contributed by atoms with Gasteiger partial charge in [-0.25, -0.2) is 4.79 Å². The number of nitrogens with zero attached hydrogens (tertiary/aromatic N) is 5. The van der Waals surface area contributed by atoms with Crippen LogP contribution in [0.3, 0.4) is 0 Å². The minimum absolute atomic E-state index is 0.243. The molecule has 12 heteroatoms. The van der Waals surface area contributed by atoms with Gasteiger partial charge in [0.05, 0.1) is 26.4 Å². The lowest BCUT2D eigenvalue weighted by molar-refractivity contribution is 0.0613. The zero-order valence-corrected chi connectivity index (χ0v) is 19.6. The summed E-state index contributed by atoms with van der Waals surface area (Å²) in [6.07, 6.45) is -0.670. The van der Waals surface area contributed by atoms with Gasteiger partial charge in [-0.05, 0) is 46.8 Å².